The first-order chi connectivity index (χ1) is 8.68. The average Bonchev–Trinajstić information content (AvgIpc) is 2.80. The van der Waals surface area contributed by atoms with Gasteiger partial charge in [0.1, 0.15) is 10.7 Å². The van der Waals surface area contributed by atoms with Crippen LogP contribution in [0.25, 0.3) is 0 Å². The monoisotopic (exact) mass is 266 g/mol. The average molecular weight is 266 g/mol. The van der Waals surface area contributed by atoms with E-state index in [4.69, 9.17) is 9.84 Å². The minimum atomic E-state index is -0.963. The van der Waals surface area contributed by atoms with Gasteiger partial charge in [-0.15, -0.1) is 11.3 Å². The summed E-state index contributed by atoms with van der Waals surface area (Å²) in [7, 11) is 0. The van der Waals surface area contributed by atoms with E-state index in [0.29, 0.717) is 11.1 Å². The molecule has 0 aliphatic heterocycles. The van der Waals surface area contributed by atoms with Crippen LogP contribution in [0.3, 0.4) is 0 Å². The smallest absolute Gasteiger partial charge is 0.346 e. The van der Waals surface area contributed by atoms with Gasteiger partial charge in [-0.2, -0.15) is 0 Å². The largest absolute Gasteiger partial charge is 0.477 e. The van der Waals surface area contributed by atoms with Gasteiger partial charge in [-0.3, -0.25) is 0 Å². The second kappa shape index (κ2) is 5.75. The van der Waals surface area contributed by atoms with Crippen LogP contribution in [-0.4, -0.2) is 11.1 Å². The molecule has 0 radical (unpaired) electrons. The molecule has 0 saturated heterocycles. The molecule has 0 amide bonds. The van der Waals surface area contributed by atoms with Gasteiger partial charge in [0.05, 0.1) is 13.2 Å². The Morgan fingerprint density at radius 2 is 1.94 bits per heavy atom. The molecule has 3 nitrogen and oxygen atoms in total. The molecule has 1 heterocycles. The lowest BCUT2D eigenvalue weighted by Gasteiger charge is -2.05. The van der Waals surface area contributed by atoms with Crippen LogP contribution in [-0.2, 0) is 18.0 Å². The third-order valence-electron chi connectivity index (χ3n) is 2.41. The van der Waals surface area contributed by atoms with Crippen molar-refractivity contribution in [1.29, 1.82) is 0 Å². The first kappa shape index (κ1) is 12.7. The molecular formula is C13H11FO3S. The molecule has 2 aromatic rings. The quantitative estimate of drug-likeness (QED) is 0.903. The maximum Gasteiger partial charge on any atom is 0.346 e. The summed E-state index contributed by atoms with van der Waals surface area (Å²) >= 11 is 1.15. The minimum absolute atomic E-state index is 0.127. The van der Waals surface area contributed by atoms with Crippen LogP contribution in [0, 0.1) is 5.82 Å². The van der Waals surface area contributed by atoms with Crippen LogP contribution in [0.4, 0.5) is 4.39 Å². The summed E-state index contributed by atoms with van der Waals surface area (Å²) in [6.07, 6.45) is 0. The fourth-order valence-electron chi connectivity index (χ4n) is 1.52. The summed E-state index contributed by atoms with van der Waals surface area (Å²) in [6.45, 7) is 0.293. The predicted octanol–water partition coefficient (Wildman–Crippen LogP) is 3.30. The number of carboxylic acid groups (broad SMARTS) is 1. The van der Waals surface area contributed by atoms with Gasteiger partial charge in [-0.05, 0) is 17.5 Å². The maximum atomic E-state index is 13.3. The number of carbonyl (C=O) groups is 1. The van der Waals surface area contributed by atoms with Crippen LogP contribution in [0.1, 0.15) is 20.8 Å². The van der Waals surface area contributed by atoms with Crippen molar-refractivity contribution in [1.82, 2.24) is 0 Å². The number of thiophene rings is 1. The van der Waals surface area contributed by atoms with Crippen molar-refractivity contribution >= 4 is 17.3 Å². The van der Waals surface area contributed by atoms with Crippen molar-refractivity contribution in [2.75, 3.05) is 0 Å². The first-order valence-corrected chi connectivity index (χ1v) is 6.17. The highest BCUT2D eigenvalue weighted by Gasteiger charge is 2.11. The highest BCUT2D eigenvalue weighted by atomic mass is 32.1. The molecule has 0 aliphatic carbocycles. The van der Waals surface area contributed by atoms with E-state index in [0.717, 1.165) is 11.3 Å². The van der Waals surface area contributed by atoms with Crippen molar-refractivity contribution in [3.05, 3.63) is 57.5 Å². The molecule has 0 bridgehead atoms. The second-order valence-corrected chi connectivity index (χ2v) is 4.58. The van der Waals surface area contributed by atoms with Gasteiger partial charge in [0.15, 0.2) is 0 Å². The molecule has 0 aliphatic rings. The van der Waals surface area contributed by atoms with E-state index in [1.807, 2.05) is 0 Å². The Balaban J connectivity index is 1.95. The summed E-state index contributed by atoms with van der Waals surface area (Å²) in [5.74, 6) is -1.28. The van der Waals surface area contributed by atoms with Gasteiger partial charge in [0.25, 0.3) is 0 Å². The Kier molecular flexibility index (Phi) is 4.07. The van der Waals surface area contributed by atoms with Crippen LogP contribution < -0.4 is 0 Å². The van der Waals surface area contributed by atoms with Crippen LogP contribution in [0.5, 0.6) is 0 Å². The molecule has 1 aromatic heterocycles. The SMILES string of the molecule is O=C(O)c1sccc1COCc1ccccc1F. The van der Waals surface area contributed by atoms with Gasteiger partial charge in [0, 0.05) is 11.1 Å². The summed E-state index contributed by atoms with van der Waals surface area (Å²) in [5.41, 5.74) is 1.08. The highest BCUT2D eigenvalue weighted by molar-refractivity contribution is 7.12. The van der Waals surface area contributed by atoms with E-state index in [2.05, 4.69) is 0 Å². The number of ether oxygens (including phenoxy) is 1. The zero-order valence-corrected chi connectivity index (χ0v) is 10.2. The topological polar surface area (TPSA) is 46.5 Å². The third-order valence-corrected chi connectivity index (χ3v) is 3.36. The van der Waals surface area contributed by atoms with Crippen LogP contribution >= 0.6 is 11.3 Å². The number of aromatic carboxylic acids is 1. The Morgan fingerprint density at radius 3 is 2.67 bits per heavy atom. The molecule has 5 heteroatoms. The number of benzene rings is 1. The Bertz CT molecular complexity index is 551. The summed E-state index contributed by atoms with van der Waals surface area (Å²) in [5, 5.41) is 10.6. The lowest BCUT2D eigenvalue weighted by molar-refractivity contribution is 0.0690. The molecule has 18 heavy (non-hydrogen) atoms. The summed E-state index contributed by atoms with van der Waals surface area (Å²) < 4.78 is 18.6. The molecule has 0 saturated carbocycles. The first-order valence-electron chi connectivity index (χ1n) is 5.29. The van der Waals surface area contributed by atoms with Gasteiger partial charge < -0.3 is 9.84 Å². The van der Waals surface area contributed by atoms with Gasteiger partial charge >= 0.3 is 5.97 Å². The molecule has 0 atom stereocenters. The normalized spacial score (nSPS) is 10.5. The Morgan fingerprint density at radius 1 is 1.22 bits per heavy atom. The predicted molar refractivity (Wildman–Crippen MR) is 66.2 cm³/mol. The fourth-order valence-corrected chi connectivity index (χ4v) is 2.27. The Hall–Kier alpha value is -1.72. The van der Waals surface area contributed by atoms with E-state index >= 15 is 0 Å². The lowest BCUT2D eigenvalue weighted by atomic mass is 10.2. The minimum Gasteiger partial charge on any atom is -0.477 e. The van der Waals surface area contributed by atoms with Crippen molar-refractivity contribution in [3.8, 4) is 0 Å². The standard InChI is InChI=1S/C13H11FO3S/c14-11-4-2-1-3-9(11)7-17-8-10-5-6-18-12(10)13(15)16/h1-6H,7-8H2,(H,15,16). The van der Waals surface area contributed by atoms with E-state index in [9.17, 15) is 9.18 Å². The second-order valence-electron chi connectivity index (χ2n) is 3.66. The third kappa shape index (κ3) is 2.94. The Labute approximate surface area is 107 Å². The zero-order valence-electron chi connectivity index (χ0n) is 9.43. The summed E-state index contributed by atoms with van der Waals surface area (Å²) in [6, 6.07) is 8.05. The molecule has 0 spiro atoms. The maximum absolute atomic E-state index is 13.3. The summed E-state index contributed by atoms with van der Waals surface area (Å²) in [4.78, 5) is 11.1. The number of rotatable bonds is 5. The molecule has 0 fully saturated rings. The molecular weight excluding hydrogens is 255 g/mol. The molecule has 2 rings (SSSR count). The van der Waals surface area contributed by atoms with E-state index in [1.54, 1.807) is 29.6 Å². The molecule has 1 aromatic carbocycles. The fraction of sp³-hybridized carbons (Fsp3) is 0.154. The van der Waals surface area contributed by atoms with Gasteiger partial charge in [-0.25, -0.2) is 9.18 Å². The van der Waals surface area contributed by atoms with Gasteiger partial charge in [0.2, 0.25) is 0 Å². The number of hydrogen-bond donors (Lipinski definition) is 1. The van der Waals surface area contributed by atoms with Crippen molar-refractivity contribution in [2.24, 2.45) is 0 Å². The highest BCUT2D eigenvalue weighted by Crippen LogP contribution is 2.18. The lowest BCUT2D eigenvalue weighted by Crippen LogP contribution is -2.01. The molecule has 0 unspecified atom stereocenters. The van der Waals surface area contributed by atoms with E-state index in [1.165, 1.54) is 6.07 Å². The van der Waals surface area contributed by atoms with E-state index in [-0.39, 0.29) is 23.9 Å². The van der Waals surface area contributed by atoms with Crippen LogP contribution in [0.2, 0.25) is 0 Å². The number of halogens is 1. The van der Waals surface area contributed by atoms with Crippen molar-refractivity contribution < 1.29 is 19.0 Å². The van der Waals surface area contributed by atoms with Crippen LogP contribution in [0.15, 0.2) is 35.7 Å². The van der Waals surface area contributed by atoms with Crippen molar-refractivity contribution in [2.45, 2.75) is 13.2 Å². The molecule has 94 valence electrons. The molecule has 1 N–H and O–H groups in total. The number of hydrogen-bond acceptors (Lipinski definition) is 3. The van der Waals surface area contributed by atoms with Crippen molar-refractivity contribution in [3.63, 3.8) is 0 Å². The zero-order chi connectivity index (χ0) is 13.0. The number of carboxylic acids is 1. The van der Waals surface area contributed by atoms with E-state index < -0.39 is 5.97 Å². The van der Waals surface area contributed by atoms with Gasteiger partial charge in [-0.1, -0.05) is 18.2 Å².